The van der Waals surface area contributed by atoms with Gasteiger partial charge in [-0.15, -0.1) is 0 Å². The first-order valence-corrected chi connectivity index (χ1v) is 10.1. The van der Waals surface area contributed by atoms with E-state index >= 15 is 0 Å². The molecular formula is C16H17BrN4O4S. The Morgan fingerprint density at radius 1 is 1.15 bits per heavy atom. The number of carbonyl (C=O) groups excluding carboxylic acids is 2. The molecule has 1 aromatic carbocycles. The van der Waals surface area contributed by atoms with E-state index in [1.807, 2.05) is 0 Å². The number of nitrogens with one attached hydrogen (secondary N) is 3. The second-order valence-corrected chi connectivity index (χ2v) is 8.62. The second-order valence-electron chi connectivity index (χ2n) is 5.99. The fourth-order valence-electron chi connectivity index (χ4n) is 2.29. The van der Waals surface area contributed by atoms with Crippen LogP contribution in [0.15, 0.2) is 45.9 Å². The Balaban J connectivity index is 1.67. The summed E-state index contributed by atoms with van der Waals surface area (Å²) in [7, 11) is -1.96. The predicted molar refractivity (Wildman–Crippen MR) is 97.8 cm³/mol. The number of aromatic nitrogens is 1. The molecule has 1 aliphatic carbocycles. The molecule has 0 aliphatic heterocycles. The Hall–Kier alpha value is -2.17. The highest BCUT2D eigenvalue weighted by Crippen LogP contribution is 2.22. The first kappa shape index (κ1) is 18.6. The average Bonchev–Trinajstić information content (AvgIpc) is 3.33. The van der Waals surface area contributed by atoms with Gasteiger partial charge in [-0.1, -0.05) is 6.07 Å². The van der Waals surface area contributed by atoms with Gasteiger partial charge in [0.15, 0.2) is 0 Å². The maximum absolute atomic E-state index is 12.2. The number of benzene rings is 1. The Bertz CT molecular complexity index is 966. The molecule has 3 N–H and O–H groups in total. The summed E-state index contributed by atoms with van der Waals surface area (Å²) >= 11 is 3.26. The number of hydrogen-bond acceptors (Lipinski definition) is 4. The van der Waals surface area contributed by atoms with Crippen LogP contribution < -0.4 is 15.6 Å². The van der Waals surface area contributed by atoms with Crippen LogP contribution in [-0.2, 0) is 17.1 Å². The Morgan fingerprint density at radius 2 is 1.85 bits per heavy atom. The van der Waals surface area contributed by atoms with Crippen LogP contribution in [0, 0.1) is 0 Å². The lowest BCUT2D eigenvalue weighted by Gasteiger charge is -2.10. The van der Waals surface area contributed by atoms with Gasteiger partial charge in [-0.2, -0.15) is 0 Å². The monoisotopic (exact) mass is 440 g/mol. The van der Waals surface area contributed by atoms with E-state index in [2.05, 4.69) is 31.5 Å². The van der Waals surface area contributed by atoms with Crippen LogP contribution in [0.2, 0.25) is 0 Å². The smallest absolute Gasteiger partial charge is 0.286 e. The quantitative estimate of drug-likeness (QED) is 0.608. The summed E-state index contributed by atoms with van der Waals surface area (Å²) in [4.78, 5) is 24.3. The van der Waals surface area contributed by atoms with Crippen molar-refractivity contribution in [2.24, 2.45) is 7.05 Å². The number of amides is 2. The summed E-state index contributed by atoms with van der Waals surface area (Å²) in [6.07, 6.45) is 3.35. The van der Waals surface area contributed by atoms with Crippen molar-refractivity contribution in [1.82, 2.24) is 20.1 Å². The van der Waals surface area contributed by atoms with E-state index in [0.717, 1.165) is 17.3 Å². The lowest BCUT2D eigenvalue weighted by atomic mass is 10.2. The third kappa shape index (κ3) is 4.32. The maximum atomic E-state index is 12.2. The van der Waals surface area contributed by atoms with Gasteiger partial charge in [-0.3, -0.25) is 20.4 Å². The van der Waals surface area contributed by atoms with Crippen molar-refractivity contribution in [3.8, 4) is 0 Å². The predicted octanol–water partition coefficient (Wildman–Crippen LogP) is 1.30. The zero-order chi connectivity index (χ0) is 18.9. The molecule has 2 amide bonds. The highest BCUT2D eigenvalue weighted by molar-refractivity contribution is 9.10. The molecule has 3 rings (SSSR count). The molecule has 1 heterocycles. The molecule has 10 heteroatoms. The molecule has 0 saturated heterocycles. The van der Waals surface area contributed by atoms with Crippen molar-refractivity contribution < 1.29 is 18.0 Å². The highest BCUT2D eigenvalue weighted by atomic mass is 79.9. The minimum Gasteiger partial charge on any atom is -0.345 e. The van der Waals surface area contributed by atoms with Gasteiger partial charge in [-0.05, 0) is 53.0 Å². The van der Waals surface area contributed by atoms with Gasteiger partial charge in [0.2, 0.25) is 10.0 Å². The molecule has 0 atom stereocenters. The van der Waals surface area contributed by atoms with Crippen LogP contribution in [0.5, 0.6) is 0 Å². The SMILES string of the molecule is Cn1cc(Br)cc1C(=O)NNC(=O)c1cccc(S(=O)(=O)NC2CC2)c1. The highest BCUT2D eigenvalue weighted by Gasteiger charge is 2.28. The molecule has 0 bridgehead atoms. The number of carbonyl (C=O) groups is 2. The van der Waals surface area contributed by atoms with E-state index < -0.39 is 21.8 Å². The third-order valence-corrected chi connectivity index (χ3v) is 5.75. The summed E-state index contributed by atoms with van der Waals surface area (Å²) in [5, 5.41) is 0. The largest absolute Gasteiger partial charge is 0.345 e. The number of aryl methyl sites for hydroxylation is 1. The first-order valence-electron chi connectivity index (χ1n) is 7.81. The maximum Gasteiger partial charge on any atom is 0.286 e. The summed E-state index contributed by atoms with van der Waals surface area (Å²) in [6, 6.07) is 7.22. The number of hydrazine groups is 1. The number of hydrogen-bond donors (Lipinski definition) is 3. The van der Waals surface area contributed by atoms with Crippen molar-refractivity contribution in [2.75, 3.05) is 0 Å². The summed E-state index contributed by atoms with van der Waals surface area (Å²) < 4.78 is 29.3. The number of nitrogens with zero attached hydrogens (tertiary/aromatic N) is 1. The summed E-state index contributed by atoms with van der Waals surface area (Å²) in [5.74, 6) is -1.11. The van der Waals surface area contributed by atoms with Crippen molar-refractivity contribution >= 4 is 37.8 Å². The average molecular weight is 441 g/mol. The Labute approximate surface area is 159 Å². The molecule has 1 fully saturated rings. The molecule has 2 aromatic rings. The van der Waals surface area contributed by atoms with E-state index in [9.17, 15) is 18.0 Å². The first-order chi connectivity index (χ1) is 12.3. The topological polar surface area (TPSA) is 109 Å². The van der Waals surface area contributed by atoms with Crippen molar-refractivity contribution in [2.45, 2.75) is 23.8 Å². The molecule has 1 aliphatic rings. The van der Waals surface area contributed by atoms with Gasteiger partial charge >= 0.3 is 0 Å². The van der Waals surface area contributed by atoms with Crippen molar-refractivity contribution in [3.05, 3.63) is 52.3 Å². The Morgan fingerprint density at radius 3 is 2.46 bits per heavy atom. The van der Waals surface area contributed by atoms with E-state index in [1.165, 1.54) is 24.3 Å². The zero-order valence-corrected chi connectivity index (χ0v) is 16.2. The standard InChI is InChI=1S/C16H17BrN4O4S/c1-21-9-11(17)8-14(21)16(23)19-18-15(22)10-3-2-4-13(7-10)26(24,25)20-12-5-6-12/h2-4,7-9,12,20H,5-6H2,1H3,(H,18,22)(H,19,23). The molecule has 138 valence electrons. The van der Waals surface area contributed by atoms with Gasteiger partial charge in [0, 0.05) is 29.3 Å². The van der Waals surface area contributed by atoms with E-state index in [-0.39, 0.29) is 16.5 Å². The molecule has 8 nitrogen and oxygen atoms in total. The van der Waals surface area contributed by atoms with Crippen molar-refractivity contribution in [1.29, 1.82) is 0 Å². The van der Waals surface area contributed by atoms with Gasteiger partial charge in [-0.25, -0.2) is 13.1 Å². The van der Waals surface area contributed by atoms with Crippen LogP contribution in [0.25, 0.3) is 0 Å². The molecule has 1 saturated carbocycles. The third-order valence-electron chi connectivity index (χ3n) is 3.80. The number of rotatable bonds is 5. The van der Waals surface area contributed by atoms with Crippen LogP contribution in [0.4, 0.5) is 0 Å². The normalized spacial score (nSPS) is 14.1. The van der Waals surface area contributed by atoms with Gasteiger partial charge in [0.25, 0.3) is 11.8 Å². The number of sulfonamides is 1. The molecule has 1 aromatic heterocycles. The van der Waals surface area contributed by atoms with Crippen molar-refractivity contribution in [3.63, 3.8) is 0 Å². The lowest BCUT2D eigenvalue weighted by Crippen LogP contribution is -2.42. The Kier molecular flexibility index (Phi) is 5.17. The molecule has 26 heavy (non-hydrogen) atoms. The van der Waals surface area contributed by atoms with Gasteiger partial charge in [0.05, 0.1) is 4.90 Å². The molecular weight excluding hydrogens is 424 g/mol. The number of halogens is 1. The molecule has 0 unspecified atom stereocenters. The van der Waals surface area contributed by atoms with E-state index in [4.69, 9.17) is 0 Å². The minimum atomic E-state index is -3.66. The van der Waals surface area contributed by atoms with Crippen LogP contribution in [0.1, 0.15) is 33.7 Å². The van der Waals surface area contributed by atoms with Crippen LogP contribution in [-0.4, -0.2) is 30.8 Å². The second kappa shape index (κ2) is 7.22. The summed E-state index contributed by atoms with van der Waals surface area (Å²) in [6.45, 7) is 0. The minimum absolute atomic E-state index is 0.00902. The lowest BCUT2D eigenvalue weighted by molar-refractivity contribution is 0.0842. The molecule has 0 spiro atoms. The van der Waals surface area contributed by atoms with Gasteiger partial charge < -0.3 is 4.57 Å². The van der Waals surface area contributed by atoms with E-state index in [1.54, 1.807) is 23.9 Å². The van der Waals surface area contributed by atoms with Gasteiger partial charge in [0.1, 0.15) is 5.69 Å². The van der Waals surface area contributed by atoms with Crippen LogP contribution >= 0.6 is 15.9 Å². The van der Waals surface area contributed by atoms with Crippen LogP contribution in [0.3, 0.4) is 0 Å². The fourth-order valence-corrected chi connectivity index (χ4v) is 4.17. The zero-order valence-electron chi connectivity index (χ0n) is 13.8. The van der Waals surface area contributed by atoms with E-state index in [0.29, 0.717) is 5.69 Å². The summed E-state index contributed by atoms with van der Waals surface area (Å²) in [5.41, 5.74) is 5.06. The molecule has 0 radical (unpaired) electrons. The fraction of sp³-hybridized carbons (Fsp3) is 0.250.